The van der Waals surface area contributed by atoms with Gasteiger partial charge in [0.1, 0.15) is 0 Å². The zero-order valence-corrected chi connectivity index (χ0v) is 9.20. The van der Waals surface area contributed by atoms with E-state index in [0.29, 0.717) is 6.42 Å². The summed E-state index contributed by atoms with van der Waals surface area (Å²) in [6, 6.07) is 5.79. The fraction of sp³-hybridized carbons (Fsp3) is 0.583. The Kier molecular flexibility index (Phi) is 3.64. The molecule has 0 aliphatic carbocycles. The van der Waals surface area contributed by atoms with Crippen LogP contribution in [0.2, 0.25) is 0 Å². The maximum absolute atomic E-state index is 9.80. The Bertz CT molecular complexity index is 263. The number of hydrogen-bond donors (Lipinski definition) is 1. The third kappa shape index (κ3) is 4.38. The lowest BCUT2D eigenvalue weighted by Gasteiger charge is -2.21. The first-order valence-corrected chi connectivity index (χ1v) is 5.05. The van der Waals surface area contributed by atoms with Crippen molar-refractivity contribution in [2.45, 2.75) is 39.7 Å². The van der Waals surface area contributed by atoms with Crippen molar-refractivity contribution in [3.63, 3.8) is 0 Å². The van der Waals surface area contributed by atoms with E-state index in [1.54, 1.807) is 6.20 Å². The lowest BCUT2D eigenvalue weighted by Crippen LogP contribution is -2.20. The molecule has 0 aliphatic rings. The van der Waals surface area contributed by atoms with E-state index in [1.807, 2.05) is 18.2 Å². The monoisotopic (exact) mass is 193 g/mol. The second-order valence-electron chi connectivity index (χ2n) is 4.94. The van der Waals surface area contributed by atoms with Crippen LogP contribution < -0.4 is 0 Å². The lowest BCUT2D eigenvalue weighted by molar-refractivity contribution is 0.120. The molecule has 0 bridgehead atoms. The minimum atomic E-state index is -0.287. The molecule has 0 saturated carbocycles. The highest BCUT2D eigenvalue weighted by molar-refractivity contribution is 5.04. The summed E-state index contributed by atoms with van der Waals surface area (Å²) >= 11 is 0. The average Bonchev–Trinajstić information content (AvgIpc) is 2.02. The van der Waals surface area contributed by atoms with Gasteiger partial charge in [0.15, 0.2) is 0 Å². The van der Waals surface area contributed by atoms with E-state index in [2.05, 4.69) is 25.8 Å². The van der Waals surface area contributed by atoms with Crippen LogP contribution in [0.5, 0.6) is 0 Å². The van der Waals surface area contributed by atoms with E-state index in [9.17, 15) is 5.11 Å². The first kappa shape index (κ1) is 11.2. The van der Waals surface area contributed by atoms with E-state index in [-0.39, 0.29) is 11.5 Å². The summed E-state index contributed by atoms with van der Waals surface area (Å²) < 4.78 is 0. The van der Waals surface area contributed by atoms with E-state index in [4.69, 9.17) is 0 Å². The van der Waals surface area contributed by atoms with Gasteiger partial charge in [0.05, 0.1) is 6.10 Å². The molecular formula is C12H19NO. The third-order valence-electron chi connectivity index (χ3n) is 2.02. The Morgan fingerprint density at radius 3 is 2.57 bits per heavy atom. The van der Waals surface area contributed by atoms with E-state index >= 15 is 0 Å². The average molecular weight is 193 g/mol. The van der Waals surface area contributed by atoms with Gasteiger partial charge in [-0.1, -0.05) is 26.8 Å². The number of aliphatic hydroxyl groups is 1. The quantitative estimate of drug-likeness (QED) is 0.799. The molecule has 1 heterocycles. The molecular weight excluding hydrogens is 174 g/mol. The van der Waals surface area contributed by atoms with Crippen LogP contribution in [0.15, 0.2) is 24.4 Å². The Hall–Kier alpha value is -0.890. The zero-order chi connectivity index (χ0) is 10.6. The van der Waals surface area contributed by atoms with Crippen LogP contribution in [0.3, 0.4) is 0 Å². The van der Waals surface area contributed by atoms with Crippen LogP contribution in [0.25, 0.3) is 0 Å². The normalized spacial score (nSPS) is 14.0. The topological polar surface area (TPSA) is 33.1 Å². The first-order chi connectivity index (χ1) is 6.47. The lowest BCUT2D eigenvalue weighted by atomic mass is 9.88. The van der Waals surface area contributed by atoms with Gasteiger partial charge in [-0.25, -0.2) is 0 Å². The van der Waals surface area contributed by atoms with Gasteiger partial charge in [0.2, 0.25) is 0 Å². The predicted molar refractivity (Wildman–Crippen MR) is 58.0 cm³/mol. The Labute approximate surface area is 86.0 Å². The number of aliphatic hydroxyl groups excluding tert-OH is 1. The summed E-state index contributed by atoms with van der Waals surface area (Å²) in [5.41, 5.74) is 1.14. The number of pyridine rings is 1. The molecule has 78 valence electrons. The van der Waals surface area contributed by atoms with Crippen LogP contribution in [0, 0.1) is 5.41 Å². The fourth-order valence-electron chi connectivity index (χ4n) is 1.54. The van der Waals surface area contributed by atoms with E-state index < -0.39 is 0 Å². The SMILES string of the molecule is CC(C)(C)CC(O)Cc1ccccn1. The molecule has 1 atom stereocenters. The Balaban J connectivity index is 2.46. The maximum Gasteiger partial charge on any atom is 0.0600 e. The fourth-order valence-corrected chi connectivity index (χ4v) is 1.54. The molecule has 1 aromatic rings. The van der Waals surface area contributed by atoms with Crippen LogP contribution >= 0.6 is 0 Å². The second kappa shape index (κ2) is 4.56. The van der Waals surface area contributed by atoms with Crippen molar-refractivity contribution in [3.8, 4) is 0 Å². The van der Waals surface area contributed by atoms with Crippen LogP contribution in [-0.2, 0) is 6.42 Å². The number of aromatic nitrogens is 1. The standard InChI is InChI=1S/C12H19NO/c1-12(2,3)9-11(14)8-10-6-4-5-7-13-10/h4-7,11,14H,8-9H2,1-3H3. The van der Waals surface area contributed by atoms with Gasteiger partial charge < -0.3 is 5.11 Å². The third-order valence-corrected chi connectivity index (χ3v) is 2.02. The molecule has 1 aromatic heterocycles. The van der Waals surface area contributed by atoms with Crippen LogP contribution in [0.4, 0.5) is 0 Å². The number of rotatable bonds is 3. The second-order valence-corrected chi connectivity index (χ2v) is 4.94. The van der Waals surface area contributed by atoms with Crippen molar-refractivity contribution in [1.82, 2.24) is 4.98 Å². The largest absolute Gasteiger partial charge is 0.393 e. The Morgan fingerprint density at radius 1 is 1.36 bits per heavy atom. The minimum Gasteiger partial charge on any atom is -0.393 e. The van der Waals surface area contributed by atoms with Crippen LogP contribution in [0.1, 0.15) is 32.9 Å². The summed E-state index contributed by atoms with van der Waals surface area (Å²) in [6.45, 7) is 6.40. The van der Waals surface area contributed by atoms with Crippen LogP contribution in [-0.4, -0.2) is 16.2 Å². The molecule has 1 rings (SSSR count). The molecule has 14 heavy (non-hydrogen) atoms. The molecule has 2 heteroatoms. The first-order valence-electron chi connectivity index (χ1n) is 5.05. The Morgan fingerprint density at radius 2 is 2.07 bits per heavy atom. The van der Waals surface area contributed by atoms with Crippen molar-refractivity contribution in [1.29, 1.82) is 0 Å². The summed E-state index contributed by atoms with van der Waals surface area (Å²) in [7, 11) is 0. The highest BCUT2D eigenvalue weighted by Crippen LogP contribution is 2.21. The zero-order valence-electron chi connectivity index (χ0n) is 9.20. The minimum absolute atomic E-state index is 0.175. The van der Waals surface area contributed by atoms with E-state index in [1.165, 1.54) is 0 Å². The van der Waals surface area contributed by atoms with Gasteiger partial charge in [-0.3, -0.25) is 4.98 Å². The van der Waals surface area contributed by atoms with Gasteiger partial charge in [-0.2, -0.15) is 0 Å². The number of hydrogen-bond acceptors (Lipinski definition) is 2. The number of nitrogens with zero attached hydrogens (tertiary/aromatic N) is 1. The molecule has 0 spiro atoms. The van der Waals surface area contributed by atoms with Crippen molar-refractivity contribution in [2.75, 3.05) is 0 Å². The van der Waals surface area contributed by atoms with Crippen molar-refractivity contribution >= 4 is 0 Å². The van der Waals surface area contributed by atoms with Gasteiger partial charge in [-0.05, 0) is 24.0 Å². The summed E-state index contributed by atoms with van der Waals surface area (Å²) in [5, 5.41) is 9.80. The summed E-state index contributed by atoms with van der Waals surface area (Å²) in [5.74, 6) is 0. The van der Waals surface area contributed by atoms with Gasteiger partial charge in [0.25, 0.3) is 0 Å². The molecule has 1 N–H and O–H groups in total. The molecule has 0 fully saturated rings. The highest BCUT2D eigenvalue weighted by atomic mass is 16.3. The summed E-state index contributed by atoms with van der Waals surface area (Å²) in [4.78, 5) is 4.19. The molecule has 0 saturated heterocycles. The van der Waals surface area contributed by atoms with Crippen molar-refractivity contribution in [3.05, 3.63) is 30.1 Å². The molecule has 0 radical (unpaired) electrons. The van der Waals surface area contributed by atoms with Crippen molar-refractivity contribution in [2.24, 2.45) is 5.41 Å². The van der Waals surface area contributed by atoms with Gasteiger partial charge in [-0.15, -0.1) is 0 Å². The highest BCUT2D eigenvalue weighted by Gasteiger charge is 2.16. The predicted octanol–water partition coefficient (Wildman–Crippen LogP) is 2.42. The smallest absolute Gasteiger partial charge is 0.0600 e. The summed E-state index contributed by atoms with van der Waals surface area (Å²) in [6.07, 6.45) is 2.94. The molecule has 2 nitrogen and oxygen atoms in total. The van der Waals surface area contributed by atoms with Gasteiger partial charge >= 0.3 is 0 Å². The van der Waals surface area contributed by atoms with E-state index in [0.717, 1.165) is 12.1 Å². The maximum atomic E-state index is 9.80. The molecule has 1 unspecified atom stereocenters. The molecule has 0 amide bonds. The molecule has 0 aliphatic heterocycles. The van der Waals surface area contributed by atoms with Gasteiger partial charge in [0, 0.05) is 18.3 Å². The molecule has 0 aromatic carbocycles. The van der Waals surface area contributed by atoms with Crippen molar-refractivity contribution < 1.29 is 5.11 Å².